The quantitative estimate of drug-likeness (QED) is 0.738. The van der Waals surface area contributed by atoms with Gasteiger partial charge in [-0.2, -0.15) is 11.8 Å². The first-order valence-electron chi connectivity index (χ1n) is 5.52. The maximum atomic E-state index is 12.2. The normalized spacial score (nSPS) is 18.9. The van der Waals surface area contributed by atoms with Crippen LogP contribution in [0.15, 0.2) is 0 Å². The topological polar surface area (TPSA) is 46.3 Å². The zero-order valence-electron chi connectivity index (χ0n) is 10.2. The highest BCUT2D eigenvalue weighted by atomic mass is 32.2. The standard InChI is InChI=1S/C11H20N2OS2/c1-8(4-7-16-3)13(2)10(14)11(5-6-11)9(12)15/h8H,4-7H2,1-3H3,(H2,12,15). The van der Waals surface area contributed by atoms with E-state index < -0.39 is 5.41 Å². The molecule has 1 saturated carbocycles. The number of hydrogen-bond acceptors (Lipinski definition) is 3. The molecule has 1 atom stereocenters. The molecule has 16 heavy (non-hydrogen) atoms. The van der Waals surface area contributed by atoms with Crippen LogP contribution in [0, 0.1) is 5.41 Å². The minimum absolute atomic E-state index is 0.105. The molecule has 1 fully saturated rings. The minimum atomic E-state index is -0.502. The highest BCUT2D eigenvalue weighted by molar-refractivity contribution is 7.98. The van der Waals surface area contributed by atoms with Crippen LogP contribution in [0.4, 0.5) is 0 Å². The summed E-state index contributed by atoms with van der Waals surface area (Å²) in [5.41, 5.74) is 5.15. The molecule has 2 N–H and O–H groups in total. The summed E-state index contributed by atoms with van der Waals surface area (Å²) in [5.74, 6) is 1.17. The number of thioether (sulfide) groups is 1. The Morgan fingerprint density at radius 1 is 1.62 bits per heavy atom. The van der Waals surface area contributed by atoms with Crippen LogP contribution >= 0.6 is 24.0 Å². The zero-order valence-corrected chi connectivity index (χ0v) is 11.8. The second-order valence-corrected chi connectivity index (χ2v) is 5.92. The fourth-order valence-electron chi connectivity index (χ4n) is 1.71. The first kappa shape index (κ1) is 13.8. The Hall–Kier alpha value is -0.290. The Bertz CT molecular complexity index is 290. The summed E-state index contributed by atoms with van der Waals surface area (Å²) in [7, 11) is 1.85. The molecule has 0 aromatic carbocycles. The van der Waals surface area contributed by atoms with E-state index >= 15 is 0 Å². The van der Waals surface area contributed by atoms with Gasteiger partial charge in [0.05, 0.1) is 10.4 Å². The third kappa shape index (κ3) is 2.69. The van der Waals surface area contributed by atoms with Gasteiger partial charge in [-0.25, -0.2) is 0 Å². The van der Waals surface area contributed by atoms with Crippen LogP contribution in [0.2, 0.25) is 0 Å². The fourth-order valence-corrected chi connectivity index (χ4v) is 2.58. The van der Waals surface area contributed by atoms with Crippen LogP contribution < -0.4 is 5.73 Å². The van der Waals surface area contributed by atoms with Crippen LogP contribution in [-0.4, -0.2) is 40.9 Å². The van der Waals surface area contributed by atoms with Gasteiger partial charge in [-0.15, -0.1) is 0 Å². The highest BCUT2D eigenvalue weighted by Crippen LogP contribution is 2.47. The maximum absolute atomic E-state index is 12.2. The molecule has 0 aliphatic heterocycles. The summed E-state index contributed by atoms with van der Waals surface area (Å²) >= 11 is 6.79. The summed E-state index contributed by atoms with van der Waals surface area (Å²) in [4.78, 5) is 14.4. The van der Waals surface area contributed by atoms with Gasteiger partial charge in [-0.05, 0) is 38.2 Å². The van der Waals surface area contributed by atoms with E-state index in [-0.39, 0.29) is 11.9 Å². The van der Waals surface area contributed by atoms with Gasteiger partial charge in [0.2, 0.25) is 5.91 Å². The van der Waals surface area contributed by atoms with Crippen molar-refractivity contribution >= 4 is 34.9 Å². The number of amides is 1. The Morgan fingerprint density at radius 2 is 2.19 bits per heavy atom. The maximum Gasteiger partial charge on any atom is 0.235 e. The molecule has 1 aliphatic rings. The summed E-state index contributed by atoms with van der Waals surface area (Å²) in [6.45, 7) is 2.07. The monoisotopic (exact) mass is 260 g/mol. The van der Waals surface area contributed by atoms with E-state index in [0.29, 0.717) is 4.99 Å². The lowest BCUT2D eigenvalue weighted by atomic mass is 10.0. The van der Waals surface area contributed by atoms with E-state index in [0.717, 1.165) is 25.0 Å². The van der Waals surface area contributed by atoms with Crippen molar-refractivity contribution < 1.29 is 4.79 Å². The van der Waals surface area contributed by atoms with E-state index in [1.807, 2.05) is 11.9 Å². The Labute approximate surface area is 107 Å². The second-order valence-electron chi connectivity index (χ2n) is 4.49. The molecule has 1 rings (SSSR count). The lowest BCUT2D eigenvalue weighted by molar-refractivity contribution is -0.134. The number of rotatable bonds is 6. The first-order chi connectivity index (χ1) is 7.45. The van der Waals surface area contributed by atoms with Crippen LogP contribution in [-0.2, 0) is 4.79 Å². The number of thiocarbonyl (C=S) groups is 1. The summed E-state index contributed by atoms with van der Waals surface area (Å²) < 4.78 is 0. The minimum Gasteiger partial charge on any atom is -0.392 e. The van der Waals surface area contributed by atoms with E-state index in [1.165, 1.54) is 0 Å². The average Bonchev–Trinajstić information content (AvgIpc) is 3.04. The van der Waals surface area contributed by atoms with Crippen molar-refractivity contribution in [2.45, 2.75) is 32.2 Å². The molecular weight excluding hydrogens is 240 g/mol. The molecule has 0 bridgehead atoms. The van der Waals surface area contributed by atoms with Crippen LogP contribution in [0.1, 0.15) is 26.2 Å². The predicted molar refractivity (Wildman–Crippen MR) is 73.7 cm³/mol. The van der Waals surface area contributed by atoms with Crippen LogP contribution in [0.3, 0.4) is 0 Å². The Balaban J connectivity index is 2.57. The molecule has 0 radical (unpaired) electrons. The Morgan fingerprint density at radius 3 is 2.56 bits per heavy atom. The zero-order chi connectivity index (χ0) is 12.3. The van der Waals surface area contributed by atoms with Crippen molar-refractivity contribution in [2.75, 3.05) is 19.1 Å². The number of carbonyl (C=O) groups excluding carboxylic acids is 1. The van der Waals surface area contributed by atoms with Crippen LogP contribution in [0.5, 0.6) is 0 Å². The molecule has 0 aromatic rings. The molecule has 0 saturated heterocycles. The largest absolute Gasteiger partial charge is 0.392 e. The van der Waals surface area contributed by atoms with Crippen molar-refractivity contribution in [2.24, 2.45) is 11.1 Å². The van der Waals surface area contributed by atoms with Crippen molar-refractivity contribution in [1.82, 2.24) is 4.90 Å². The molecule has 0 aromatic heterocycles. The number of carbonyl (C=O) groups is 1. The van der Waals surface area contributed by atoms with Gasteiger partial charge in [0.1, 0.15) is 0 Å². The third-order valence-electron chi connectivity index (χ3n) is 3.35. The van der Waals surface area contributed by atoms with Gasteiger partial charge >= 0.3 is 0 Å². The van der Waals surface area contributed by atoms with E-state index in [1.54, 1.807) is 11.8 Å². The van der Waals surface area contributed by atoms with E-state index in [4.69, 9.17) is 18.0 Å². The summed E-state index contributed by atoms with van der Waals surface area (Å²) in [6.07, 6.45) is 4.73. The molecular formula is C11H20N2OS2. The highest BCUT2D eigenvalue weighted by Gasteiger charge is 2.54. The molecule has 3 nitrogen and oxygen atoms in total. The van der Waals surface area contributed by atoms with Crippen LogP contribution in [0.25, 0.3) is 0 Å². The molecule has 0 spiro atoms. The molecule has 1 unspecified atom stereocenters. The number of hydrogen-bond donors (Lipinski definition) is 1. The number of nitrogens with two attached hydrogens (primary N) is 1. The van der Waals surface area contributed by atoms with E-state index in [2.05, 4.69) is 13.2 Å². The molecule has 1 aliphatic carbocycles. The van der Waals surface area contributed by atoms with Gasteiger partial charge in [0.15, 0.2) is 0 Å². The average molecular weight is 260 g/mol. The van der Waals surface area contributed by atoms with Crippen molar-refractivity contribution in [3.05, 3.63) is 0 Å². The van der Waals surface area contributed by atoms with Gasteiger partial charge in [-0.3, -0.25) is 4.79 Å². The number of nitrogens with zero attached hydrogens (tertiary/aromatic N) is 1. The predicted octanol–water partition coefficient (Wildman–Crippen LogP) is 1.65. The smallest absolute Gasteiger partial charge is 0.235 e. The second kappa shape index (κ2) is 5.36. The molecule has 1 amide bonds. The van der Waals surface area contributed by atoms with Gasteiger partial charge < -0.3 is 10.6 Å². The van der Waals surface area contributed by atoms with Gasteiger partial charge in [-0.1, -0.05) is 12.2 Å². The summed E-state index contributed by atoms with van der Waals surface area (Å²) in [5, 5.41) is 0. The first-order valence-corrected chi connectivity index (χ1v) is 7.32. The van der Waals surface area contributed by atoms with Crippen molar-refractivity contribution in [1.29, 1.82) is 0 Å². The molecule has 0 heterocycles. The fraction of sp³-hybridized carbons (Fsp3) is 0.818. The van der Waals surface area contributed by atoms with E-state index in [9.17, 15) is 4.79 Å². The van der Waals surface area contributed by atoms with Crippen molar-refractivity contribution in [3.8, 4) is 0 Å². The Kier molecular flexibility index (Phi) is 4.62. The SMILES string of the molecule is CSCCC(C)N(C)C(=O)C1(C(N)=S)CC1. The molecule has 5 heteroatoms. The lowest BCUT2D eigenvalue weighted by Crippen LogP contribution is -2.44. The summed E-state index contributed by atoms with van der Waals surface area (Å²) in [6, 6.07) is 0.256. The van der Waals surface area contributed by atoms with Gasteiger partial charge in [0, 0.05) is 13.1 Å². The third-order valence-corrected chi connectivity index (χ3v) is 4.39. The molecule has 92 valence electrons. The lowest BCUT2D eigenvalue weighted by Gasteiger charge is -2.28. The van der Waals surface area contributed by atoms with Crippen molar-refractivity contribution in [3.63, 3.8) is 0 Å². The van der Waals surface area contributed by atoms with Gasteiger partial charge in [0.25, 0.3) is 0 Å².